The zero-order valence-electron chi connectivity index (χ0n) is 8.24. The van der Waals surface area contributed by atoms with E-state index in [0.29, 0.717) is 12.2 Å². The Balaban J connectivity index is 1.84. The van der Waals surface area contributed by atoms with Crippen molar-refractivity contribution in [2.24, 2.45) is 0 Å². The molecule has 2 aliphatic rings. The first-order chi connectivity index (χ1) is 6.84. The molecule has 0 radical (unpaired) electrons. The van der Waals surface area contributed by atoms with Crippen LogP contribution in [0.4, 0.5) is 0 Å². The Kier molecular flexibility index (Phi) is 3.09. The molecule has 1 heterocycles. The zero-order valence-corrected chi connectivity index (χ0v) is 8.24. The summed E-state index contributed by atoms with van der Waals surface area (Å²) in [6.07, 6.45) is 8.22. The Bertz CT molecular complexity index is 249. The molecule has 0 aromatic heterocycles. The van der Waals surface area contributed by atoms with Crippen LogP contribution in [0.3, 0.4) is 0 Å². The Hall–Kier alpha value is -0.960. The molecule has 1 saturated heterocycles. The van der Waals surface area contributed by atoms with Crippen molar-refractivity contribution in [3.8, 4) is 0 Å². The third-order valence-corrected chi connectivity index (χ3v) is 2.51. The van der Waals surface area contributed by atoms with Gasteiger partial charge >= 0.3 is 0 Å². The molecule has 1 unspecified atom stereocenters. The summed E-state index contributed by atoms with van der Waals surface area (Å²) in [6, 6.07) is 0. The van der Waals surface area contributed by atoms with Crippen LogP contribution in [0.15, 0.2) is 23.7 Å². The predicted octanol–water partition coefficient (Wildman–Crippen LogP) is 2.65. The second-order valence-electron chi connectivity index (χ2n) is 3.70. The number of ether oxygens (including phenoxy) is 2. The maximum Gasteiger partial charge on any atom is 0.199 e. The van der Waals surface area contributed by atoms with Crippen LogP contribution in [0.25, 0.3) is 0 Å². The van der Waals surface area contributed by atoms with Gasteiger partial charge in [-0.15, -0.1) is 0 Å². The van der Waals surface area contributed by atoms with Crippen molar-refractivity contribution < 1.29 is 14.6 Å². The van der Waals surface area contributed by atoms with Crippen molar-refractivity contribution in [3.63, 3.8) is 0 Å². The lowest BCUT2D eigenvalue weighted by Gasteiger charge is -2.25. The third kappa shape index (κ3) is 2.51. The van der Waals surface area contributed by atoms with Crippen molar-refractivity contribution >= 4 is 0 Å². The summed E-state index contributed by atoms with van der Waals surface area (Å²) in [5.74, 6) is 1.36. The van der Waals surface area contributed by atoms with E-state index in [1.54, 1.807) is 6.08 Å². The minimum atomic E-state index is -0.0661. The summed E-state index contributed by atoms with van der Waals surface area (Å²) in [6.45, 7) is 0.805. The average molecular weight is 196 g/mol. The molecule has 14 heavy (non-hydrogen) atoms. The zero-order chi connectivity index (χ0) is 9.80. The van der Waals surface area contributed by atoms with E-state index in [-0.39, 0.29) is 6.29 Å². The molecule has 0 aromatic carbocycles. The van der Waals surface area contributed by atoms with Gasteiger partial charge in [0.05, 0.1) is 12.4 Å². The van der Waals surface area contributed by atoms with Crippen LogP contribution in [0.1, 0.15) is 32.1 Å². The molecular formula is C11H16O3. The maximum absolute atomic E-state index is 9.16. The van der Waals surface area contributed by atoms with Crippen molar-refractivity contribution in [1.29, 1.82) is 0 Å². The molecule has 0 aromatic rings. The molecule has 0 amide bonds. The van der Waals surface area contributed by atoms with Gasteiger partial charge in [0.25, 0.3) is 0 Å². The highest BCUT2D eigenvalue weighted by atomic mass is 16.7. The number of hydrogen-bond acceptors (Lipinski definition) is 3. The number of hydrogen-bond donors (Lipinski definition) is 1. The lowest BCUT2D eigenvalue weighted by atomic mass is 10.1. The lowest BCUT2D eigenvalue weighted by molar-refractivity contribution is -0.140. The summed E-state index contributed by atoms with van der Waals surface area (Å²) in [4.78, 5) is 0. The van der Waals surface area contributed by atoms with Gasteiger partial charge in [0.2, 0.25) is 0 Å². The van der Waals surface area contributed by atoms with Crippen LogP contribution in [-0.2, 0) is 9.47 Å². The van der Waals surface area contributed by atoms with E-state index in [1.807, 2.05) is 6.08 Å². The maximum atomic E-state index is 9.16. The topological polar surface area (TPSA) is 38.7 Å². The molecule has 0 saturated carbocycles. The van der Waals surface area contributed by atoms with Crippen molar-refractivity contribution in [2.75, 3.05) is 6.61 Å². The Morgan fingerprint density at radius 2 is 2.21 bits per heavy atom. The van der Waals surface area contributed by atoms with E-state index < -0.39 is 0 Å². The van der Waals surface area contributed by atoms with E-state index >= 15 is 0 Å². The molecular weight excluding hydrogens is 180 g/mol. The van der Waals surface area contributed by atoms with Crippen LogP contribution in [0.2, 0.25) is 0 Å². The molecule has 3 heteroatoms. The highest BCUT2D eigenvalue weighted by Gasteiger charge is 2.17. The van der Waals surface area contributed by atoms with Gasteiger partial charge in [0.15, 0.2) is 6.29 Å². The number of aliphatic hydroxyl groups is 1. The van der Waals surface area contributed by atoms with Crippen LogP contribution in [-0.4, -0.2) is 18.0 Å². The SMILES string of the molecule is OC1=CC=C(OC2CCCCO2)CC1. The van der Waals surface area contributed by atoms with Gasteiger partial charge in [-0.05, 0) is 25.0 Å². The van der Waals surface area contributed by atoms with Gasteiger partial charge in [-0.3, -0.25) is 0 Å². The van der Waals surface area contributed by atoms with Crippen molar-refractivity contribution in [3.05, 3.63) is 23.7 Å². The van der Waals surface area contributed by atoms with Crippen LogP contribution in [0.5, 0.6) is 0 Å². The summed E-state index contributed by atoms with van der Waals surface area (Å²) in [7, 11) is 0. The van der Waals surface area contributed by atoms with Crippen LogP contribution >= 0.6 is 0 Å². The van der Waals surface area contributed by atoms with E-state index in [4.69, 9.17) is 14.6 Å². The van der Waals surface area contributed by atoms with Crippen molar-refractivity contribution in [2.45, 2.75) is 38.4 Å². The smallest absolute Gasteiger partial charge is 0.199 e. The summed E-state index contributed by atoms with van der Waals surface area (Å²) < 4.78 is 11.1. The fourth-order valence-electron chi connectivity index (χ4n) is 1.68. The molecule has 0 spiro atoms. The fraction of sp³-hybridized carbons (Fsp3) is 0.636. The molecule has 1 aliphatic heterocycles. The van der Waals surface area contributed by atoms with E-state index in [1.165, 1.54) is 6.42 Å². The van der Waals surface area contributed by atoms with Gasteiger partial charge in [0, 0.05) is 19.3 Å². The van der Waals surface area contributed by atoms with Gasteiger partial charge < -0.3 is 14.6 Å². The first kappa shape index (κ1) is 9.59. The van der Waals surface area contributed by atoms with Gasteiger partial charge in [-0.25, -0.2) is 0 Å². The first-order valence-electron chi connectivity index (χ1n) is 5.21. The molecule has 2 rings (SSSR count). The van der Waals surface area contributed by atoms with E-state index in [2.05, 4.69) is 0 Å². The molecule has 1 aliphatic carbocycles. The molecule has 78 valence electrons. The van der Waals surface area contributed by atoms with Crippen LogP contribution in [0, 0.1) is 0 Å². The van der Waals surface area contributed by atoms with Crippen molar-refractivity contribution in [1.82, 2.24) is 0 Å². The number of allylic oxidation sites excluding steroid dienone is 4. The van der Waals surface area contributed by atoms with Gasteiger partial charge in [0.1, 0.15) is 5.76 Å². The second-order valence-corrected chi connectivity index (χ2v) is 3.70. The molecule has 3 nitrogen and oxygen atoms in total. The molecule has 1 fully saturated rings. The predicted molar refractivity (Wildman–Crippen MR) is 52.7 cm³/mol. The van der Waals surface area contributed by atoms with E-state index in [0.717, 1.165) is 31.6 Å². The lowest BCUT2D eigenvalue weighted by Crippen LogP contribution is -2.22. The average Bonchev–Trinajstić information content (AvgIpc) is 2.23. The monoisotopic (exact) mass is 196 g/mol. The largest absolute Gasteiger partial charge is 0.512 e. The molecule has 1 atom stereocenters. The minimum absolute atomic E-state index is 0.0661. The second kappa shape index (κ2) is 4.51. The summed E-state index contributed by atoms with van der Waals surface area (Å²) in [5, 5.41) is 9.16. The Morgan fingerprint density at radius 1 is 1.29 bits per heavy atom. The standard InChI is InChI=1S/C11H16O3/c12-9-4-6-10(7-5-9)14-11-3-1-2-8-13-11/h4,6,11-12H,1-3,5,7-8H2. The molecule has 1 N–H and O–H groups in total. The highest BCUT2D eigenvalue weighted by Crippen LogP contribution is 2.22. The summed E-state index contributed by atoms with van der Waals surface area (Å²) >= 11 is 0. The number of aliphatic hydroxyl groups excluding tert-OH is 1. The quantitative estimate of drug-likeness (QED) is 0.737. The number of rotatable bonds is 2. The summed E-state index contributed by atoms with van der Waals surface area (Å²) in [5.41, 5.74) is 0. The Morgan fingerprint density at radius 3 is 2.86 bits per heavy atom. The van der Waals surface area contributed by atoms with E-state index in [9.17, 15) is 0 Å². The van der Waals surface area contributed by atoms with Gasteiger partial charge in [-0.2, -0.15) is 0 Å². The minimum Gasteiger partial charge on any atom is -0.512 e. The normalized spacial score (nSPS) is 27.9. The molecule has 0 bridgehead atoms. The third-order valence-electron chi connectivity index (χ3n) is 2.51. The highest BCUT2D eigenvalue weighted by molar-refractivity contribution is 5.16. The Labute approximate surface area is 84.0 Å². The van der Waals surface area contributed by atoms with Gasteiger partial charge in [-0.1, -0.05) is 0 Å². The first-order valence-corrected chi connectivity index (χ1v) is 5.21. The van der Waals surface area contributed by atoms with Crippen LogP contribution < -0.4 is 0 Å². The fourth-order valence-corrected chi connectivity index (χ4v) is 1.68.